The number of amides is 1. The van der Waals surface area contributed by atoms with E-state index in [4.69, 9.17) is 16.7 Å². The van der Waals surface area contributed by atoms with Crippen LogP contribution in [0.25, 0.3) is 0 Å². The second kappa shape index (κ2) is 6.42. The second-order valence-corrected chi connectivity index (χ2v) is 4.15. The van der Waals surface area contributed by atoms with Gasteiger partial charge in [-0.3, -0.25) is 4.79 Å². The Bertz CT molecular complexity index is 418. The first kappa shape index (κ1) is 13.7. The highest BCUT2D eigenvalue weighted by Gasteiger charge is 2.16. The molecule has 1 rings (SSSR count). The number of carbonyl (C=O) groups is 1. The zero-order chi connectivity index (χ0) is 12.8. The lowest BCUT2D eigenvalue weighted by Crippen LogP contribution is -2.33. The fourth-order valence-corrected chi connectivity index (χ4v) is 1.83. The van der Waals surface area contributed by atoms with Gasteiger partial charge in [0.2, 0.25) is 0 Å². The number of aliphatic hydroxyl groups is 1. The minimum Gasteiger partial charge on any atom is -0.395 e. The summed E-state index contributed by atoms with van der Waals surface area (Å²) in [6.07, 6.45) is 1.62. The van der Waals surface area contributed by atoms with E-state index in [2.05, 4.69) is 6.58 Å². The zero-order valence-corrected chi connectivity index (χ0v) is 10.6. The summed E-state index contributed by atoms with van der Waals surface area (Å²) in [5, 5.41) is 9.34. The molecule has 0 unspecified atom stereocenters. The van der Waals surface area contributed by atoms with Crippen LogP contribution in [0.1, 0.15) is 15.9 Å². The summed E-state index contributed by atoms with van der Waals surface area (Å²) in [5.74, 6) is -0.191. The Kier molecular flexibility index (Phi) is 5.19. The van der Waals surface area contributed by atoms with Crippen LogP contribution in [-0.4, -0.2) is 35.6 Å². The molecule has 0 radical (unpaired) electrons. The first-order valence-electron chi connectivity index (χ1n) is 5.37. The lowest BCUT2D eigenvalue weighted by atomic mass is 10.1. The first-order chi connectivity index (χ1) is 8.10. The Hall–Kier alpha value is -1.32. The Morgan fingerprint density at radius 1 is 1.59 bits per heavy atom. The monoisotopic (exact) mass is 253 g/mol. The molecule has 4 heteroatoms. The average Bonchev–Trinajstić information content (AvgIpc) is 2.28. The van der Waals surface area contributed by atoms with Gasteiger partial charge in [0.25, 0.3) is 5.91 Å². The van der Waals surface area contributed by atoms with Crippen LogP contribution >= 0.6 is 11.6 Å². The minimum atomic E-state index is -0.191. The third-order valence-electron chi connectivity index (χ3n) is 2.36. The molecule has 0 atom stereocenters. The predicted octanol–water partition coefficient (Wildman–Crippen LogP) is 2.27. The summed E-state index contributed by atoms with van der Waals surface area (Å²) < 4.78 is 0. The first-order valence-corrected chi connectivity index (χ1v) is 5.75. The number of aliphatic hydroxyl groups excluding tert-OH is 1. The third kappa shape index (κ3) is 3.58. The molecule has 0 aliphatic carbocycles. The van der Waals surface area contributed by atoms with Crippen molar-refractivity contribution in [2.45, 2.75) is 6.92 Å². The van der Waals surface area contributed by atoms with Gasteiger partial charge in [-0.1, -0.05) is 23.7 Å². The van der Waals surface area contributed by atoms with Crippen molar-refractivity contribution in [1.29, 1.82) is 0 Å². The maximum Gasteiger partial charge on any atom is 0.255 e. The highest BCUT2D eigenvalue weighted by atomic mass is 35.5. The molecule has 0 heterocycles. The molecule has 0 spiro atoms. The van der Waals surface area contributed by atoms with Crippen molar-refractivity contribution in [3.8, 4) is 0 Å². The molecule has 17 heavy (non-hydrogen) atoms. The minimum absolute atomic E-state index is 0.0803. The molecule has 0 saturated carbocycles. The molecule has 0 aromatic heterocycles. The van der Waals surface area contributed by atoms with Gasteiger partial charge in [-0.05, 0) is 24.6 Å². The quantitative estimate of drug-likeness (QED) is 0.818. The number of rotatable bonds is 5. The van der Waals surface area contributed by atoms with Crippen LogP contribution in [0.3, 0.4) is 0 Å². The molecule has 1 amide bonds. The van der Waals surface area contributed by atoms with Crippen molar-refractivity contribution in [2.24, 2.45) is 0 Å². The lowest BCUT2D eigenvalue weighted by Gasteiger charge is -2.20. The van der Waals surface area contributed by atoms with Crippen LogP contribution in [0, 0.1) is 6.92 Å². The van der Waals surface area contributed by atoms with Gasteiger partial charge in [0.15, 0.2) is 0 Å². The SMILES string of the molecule is C=CCN(CCO)C(=O)c1ccc(C)cc1Cl. The zero-order valence-electron chi connectivity index (χ0n) is 9.82. The molecule has 92 valence electrons. The van der Waals surface area contributed by atoms with Gasteiger partial charge in [0, 0.05) is 13.1 Å². The largest absolute Gasteiger partial charge is 0.395 e. The number of aryl methyl sites for hydroxylation is 1. The Morgan fingerprint density at radius 2 is 2.29 bits per heavy atom. The van der Waals surface area contributed by atoms with Gasteiger partial charge in [-0.2, -0.15) is 0 Å². The molecule has 3 nitrogen and oxygen atoms in total. The van der Waals surface area contributed by atoms with Gasteiger partial charge >= 0.3 is 0 Å². The van der Waals surface area contributed by atoms with Gasteiger partial charge in [-0.15, -0.1) is 6.58 Å². The highest BCUT2D eigenvalue weighted by molar-refractivity contribution is 6.33. The van der Waals surface area contributed by atoms with E-state index in [1.54, 1.807) is 18.2 Å². The molecule has 0 bridgehead atoms. The van der Waals surface area contributed by atoms with E-state index in [1.807, 2.05) is 13.0 Å². The molecule has 1 N–H and O–H groups in total. The molecule has 0 fully saturated rings. The van der Waals surface area contributed by atoms with Gasteiger partial charge in [-0.25, -0.2) is 0 Å². The van der Waals surface area contributed by atoms with E-state index in [1.165, 1.54) is 4.90 Å². The Balaban J connectivity index is 2.96. The summed E-state index contributed by atoms with van der Waals surface area (Å²) in [6.45, 7) is 6.08. The summed E-state index contributed by atoms with van der Waals surface area (Å²) in [5.41, 5.74) is 1.46. The fraction of sp³-hybridized carbons (Fsp3) is 0.308. The summed E-state index contributed by atoms with van der Waals surface area (Å²) in [7, 11) is 0. The van der Waals surface area contributed by atoms with Crippen molar-refractivity contribution >= 4 is 17.5 Å². The number of hydrogen-bond donors (Lipinski definition) is 1. The molecule has 1 aromatic rings. The van der Waals surface area contributed by atoms with Crippen LogP contribution < -0.4 is 0 Å². The molecular weight excluding hydrogens is 238 g/mol. The molecule has 1 aromatic carbocycles. The fourth-order valence-electron chi connectivity index (χ4n) is 1.52. The number of hydrogen-bond acceptors (Lipinski definition) is 2. The summed E-state index contributed by atoms with van der Waals surface area (Å²) in [4.78, 5) is 13.6. The number of nitrogens with zero attached hydrogens (tertiary/aromatic N) is 1. The van der Waals surface area contributed by atoms with E-state index in [9.17, 15) is 4.79 Å². The Labute approximate surface area is 106 Å². The molecule has 0 saturated heterocycles. The van der Waals surface area contributed by atoms with Gasteiger partial charge in [0.1, 0.15) is 0 Å². The van der Waals surface area contributed by atoms with Crippen molar-refractivity contribution in [1.82, 2.24) is 4.90 Å². The maximum absolute atomic E-state index is 12.1. The van der Waals surface area contributed by atoms with Crippen LogP contribution in [0.2, 0.25) is 5.02 Å². The van der Waals surface area contributed by atoms with Gasteiger partial charge in [0.05, 0.1) is 17.2 Å². The van der Waals surface area contributed by atoms with E-state index in [0.29, 0.717) is 17.1 Å². The van der Waals surface area contributed by atoms with E-state index in [0.717, 1.165) is 5.56 Å². The smallest absolute Gasteiger partial charge is 0.255 e. The van der Waals surface area contributed by atoms with E-state index in [-0.39, 0.29) is 19.1 Å². The number of carbonyl (C=O) groups excluding carboxylic acids is 1. The van der Waals surface area contributed by atoms with Crippen molar-refractivity contribution in [3.05, 3.63) is 47.0 Å². The summed E-state index contributed by atoms with van der Waals surface area (Å²) in [6, 6.07) is 5.29. The molecule has 0 aliphatic rings. The topological polar surface area (TPSA) is 40.5 Å². The van der Waals surface area contributed by atoms with Crippen molar-refractivity contribution in [2.75, 3.05) is 19.7 Å². The standard InChI is InChI=1S/C13H16ClNO2/c1-3-6-15(7-8-16)13(17)11-5-4-10(2)9-12(11)14/h3-5,9,16H,1,6-8H2,2H3. The Morgan fingerprint density at radius 3 is 2.82 bits per heavy atom. The number of benzene rings is 1. The maximum atomic E-state index is 12.1. The molecule has 0 aliphatic heterocycles. The molecular formula is C13H16ClNO2. The summed E-state index contributed by atoms with van der Waals surface area (Å²) >= 11 is 6.03. The number of halogens is 1. The van der Waals surface area contributed by atoms with Crippen molar-refractivity contribution in [3.63, 3.8) is 0 Å². The highest BCUT2D eigenvalue weighted by Crippen LogP contribution is 2.19. The van der Waals surface area contributed by atoms with Crippen LogP contribution in [0.5, 0.6) is 0 Å². The van der Waals surface area contributed by atoms with Crippen LogP contribution in [0.15, 0.2) is 30.9 Å². The van der Waals surface area contributed by atoms with Crippen molar-refractivity contribution < 1.29 is 9.90 Å². The van der Waals surface area contributed by atoms with Crippen LogP contribution in [0.4, 0.5) is 0 Å². The van der Waals surface area contributed by atoms with Crippen LogP contribution in [-0.2, 0) is 0 Å². The lowest BCUT2D eigenvalue weighted by molar-refractivity contribution is 0.0743. The van der Waals surface area contributed by atoms with Gasteiger partial charge < -0.3 is 10.0 Å². The van der Waals surface area contributed by atoms with E-state index < -0.39 is 0 Å². The normalized spacial score (nSPS) is 10.1. The third-order valence-corrected chi connectivity index (χ3v) is 2.67. The predicted molar refractivity (Wildman–Crippen MR) is 69.4 cm³/mol. The second-order valence-electron chi connectivity index (χ2n) is 3.75. The van der Waals surface area contributed by atoms with E-state index >= 15 is 0 Å². The average molecular weight is 254 g/mol.